The summed E-state index contributed by atoms with van der Waals surface area (Å²) in [7, 11) is 1.52. The largest absolute Gasteiger partial charge is 0.438 e. The molecule has 1 atom stereocenters. The molecule has 0 N–H and O–H groups in total. The van der Waals surface area contributed by atoms with Gasteiger partial charge in [0, 0.05) is 18.8 Å². The predicted octanol–water partition coefficient (Wildman–Crippen LogP) is 3.96. The molecule has 23 heavy (non-hydrogen) atoms. The number of allylic oxidation sites excluding steroid dienone is 9. The van der Waals surface area contributed by atoms with Gasteiger partial charge in [-0.1, -0.05) is 36.5 Å². The van der Waals surface area contributed by atoms with Crippen LogP contribution in [0.4, 0.5) is 0 Å². The molecule has 0 aliphatic heterocycles. The Kier molecular flexibility index (Phi) is 5.57. The van der Waals surface area contributed by atoms with Gasteiger partial charge in [-0.15, -0.1) is 11.8 Å². The van der Waals surface area contributed by atoms with E-state index in [0.29, 0.717) is 11.7 Å². The van der Waals surface area contributed by atoms with Crippen LogP contribution >= 0.6 is 11.8 Å². The van der Waals surface area contributed by atoms with Crippen LogP contribution in [-0.4, -0.2) is 31.4 Å². The van der Waals surface area contributed by atoms with Crippen molar-refractivity contribution in [2.24, 2.45) is 5.92 Å². The van der Waals surface area contributed by atoms with E-state index >= 15 is 0 Å². The molecule has 0 fully saturated rings. The zero-order valence-corrected chi connectivity index (χ0v) is 14.2. The summed E-state index contributed by atoms with van der Waals surface area (Å²) in [4.78, 5) is 11.6. The molecule has 3 nitrogen and oxygen atoms in total. The molecule has 3 rings (SSSR count). The van der Waals surface area contributed by atoms with E-state index in [-0.39, 0.29) is 12.8 Å². The van der Waals surface area contributed by atoms with Crippen LogP contribution in [0.15, 0.2) is 58.7 Å². The Hall–Kier alpha value is -1.52. The summed E-state index contributed by atoms with van der Waals surface area (Å²) in [6.07, 6.45) is 16.9. The van der Waals surface area contributed by atoms with Crippen LogP contribution in [0.1, 0.15) is 19.3 Å². The molecule has 0 heterocycles. The Morgan fingerprint density at radius 1 is 1.39 bits per heavy atom. The number of ether oxygens (including phenoxy) is 2. The fraction of sp³-hybridized carbons (Fsp3) is 0.421. The Balaban J connectivity index is 1.72. The Morgan fingerprint density at radius 2 is 2.30 bits per heavy atom. The molecule has 0 aromatic heterocycles. The van der Waals surface area contributed by atoms with Crippen LogP contribution < -0.4 is 0 Å². The standard InChI is InChI=1S/C19H22O3S/c1-21-13-22-19(20)12-23-11-18-16-8-4-2-6-14(16)10-15-7-3-5-9-17(15)18/h2,4-5,8-10,14H,3,6-7,11-13H2,1H3. The van der Waals surface area contributed by atoms with Crippen LogP contribution in [0.25, 0.3) is 0 Å². The topological polar surface area (TPSA) is 35.5 Å². The van der Waals surface area contributed by atoms with Crippen LogP contribution in [0.5, 0.6) is 0 Å². The van der Waals surface area contributed by atoms with E-state index in [1.165, 1.54) is 29.4 Å². The first kappa shape index (κ1) is 16.3. The first-order chi connectivity index (χ1) is 11.3. The number of carbonyl (C=O) groups excluding carboxylic acids is 1. The number of esters is 1. The average Bonchev–Trinajstić information content (AvgIpc) is 2.59. The van der Waals surface area contributed by atoms with E-state index in [9.17, 15) is 4.79 Å². The molecule has 3 aliphatic rings. The highest BCUT2D eigenvalue weighted by Gasteiger charge is 2.26. The third kappa shape index (κ3) is 3.88. The van der Waals surface area contributed by atoms with E-state index in [0.717, 1.165) is 25.0 Å². The lowest BCUT2D eigenvalue weighted by Crippen LogP contribution is -2.17. The van der Waals surface area contributed by atoms with Crippen molar-refractivity contribution in [1.82, 2.24) is 0 Å². The molecular weight excluding hydrogens is 308 g/mol. The van der Waals surface area contributed by atoms with Crippen LogP contribution in [0, 0.1) is 5.92 Å². The van der Waals surface area contributed by atoms with Crippen LogP contribution in [0.2, 0.25) is 0 Å². The van der Waals surface area contributed by atoms with Crippen molar-refractivity contribution in [2.45, 2.75) is 19.3 Å². The highest BCUT2D eigenvalue weighted by atomic mass is 32.2. The van der Waals surface area contributed by atoms with E-state index in [1.54, 1.807) is 11.8 Å². The lowest BCUT2D eigenvalue weighted by atomic mass is 9.75. The van der Waals surface area contributed by atoms with E-state index in [2.05, 4.69) is 36.5 Å². The van der Waals surface area contributed by atoms with Crippen molar-refractivity contribution in [3.8, 4) is 0 Å². The van der Waals surface area contributed by atoms with Crippen molar-refractivity contribution in [1.29, 1.82) is 0 Å². The van der Waals surface area contributed by atoms with Crippen molar-refractivity contribution in [2.75, 3.05) is 25.4 Å². The quantitative estimate of drug-likeness (QED) is 0.545. The number of carbonyl (C=O) groups is 1. The summed E-state index contributed by atoms with van der Waals surface area (Å²) in [5.41, 5.74) is 5.64. The number of thioether (sulfide) groups is 1. The molecule has 1 unspecified atom stereocenters. The van der Waals surface area contributed by atoms with Gasteiger partial charge in [0.05, 0.1) is 5.75 Å². The van der Waals surface area contributed by atoms with Crippen LogP contribution in [0.3, 0.4) is 0 Å². The number of methoxy groups -OCH3 is 1. The van der Waals surface area contributed by atoms with Gasteiger partial charge >= 0.3 is 5.97 Å². The van der Waals surface area contributed by atoms with Gasteiger partial charge in [0.1, 0.15) is 0 Å². The summed E-state index contributed by atoms with van der Waals surface area (Å²) < 4.78 is 9.70. The summed E-state index contributed by atoms with van der Waals surface area (Å²) in [5, 5.41) is 0. The summed E-state index contributed by atoms with van der Waals surface area (Å²) in [5.74, 6) is 1.48. The number of fused-ring (bicyclic) bond motifs is 2. The molecule has 0 spiro atoms. The smallest absolute Gasteiger partial charge is 0.318 e. The van der Waals surface area contributed by atoms with Gasteiger partial charge in [-0.2, -0.15) is 0 Å². The second kappa shape index (κ2) is 7.84. The fourth-order valence-electron chi connectivity index (χ4n) is 3.24. The van der Waals surface area contributed by atoms with Gasteiger partial charge < -0.3 is 9.47 Å². The number of hydrogen-bond acceptors (Lipinski definition) is 4. The van der Waals surface area contributed by atoms with Gasteiger partial charge in [0.2, 0.25) is 0 Å². The maximum atomic E-state index is 11.6. The first-order valence-electron chi connectivity index (χ1n) is 7.99. The molecule has 122 valence electrons. The van der Waals surface area contributed by atoms with Gasteiger partial charge in [-0.05, 0) is 41.6 Å². The highest BCUT2D eigenvalue weighted by Crippen LogP contribution is 2.42. The predicted molar refractivity (Wildman–Crippen MR) is 94.1 cm³/mol. The zero-order chi connectivity index (χ0) is 16.1. The Morgan fingerprint density at radius 3 is 3.17 bits per heavy atom. The number of rotatable bonds is 6. The highest BCUT2D eigenvalue weighted by molar-refractivity contribution is 8.00. The third-order valence-corrected chi connectivity index (χ3v) is 5.22. The van der Waals surface area contributed by atoms with Crippen LogP contribution in [-0.2, 0) is 14.3 Å². The lowest BCUT2D eigenvalue weighted by Gasteiger charge is -2.31. The van der Waals surface area contributed by atoms with E-state index in [1.807, 2.05) is 0 Å². The molecule has 0 saturated carbocycles. The Labute approximate surface area is 141 Å². The molecule has 3 aliphatic carbocycles. The summed E-state index contributed by atoms with van der Waals surface area (Å²) in [6, 6.07) is 0. The van der Waals surface area contributed by atoms with Crippen molar-refractivity contribution in [3.05, 3.63) is 58.7 Å². The minimum atomic E-state index is -0.220. The van der Waals surface area contributed by atoms with E-state index < -0.39 is 0 Å². The maximum absolute atomic E-state index is 11.6. The molecule has 0 amide bonds. The van der Waals surface area contributed by atoms with E-state index in [4.69, 9.17) is 9.47 Å². The minimum absolute atomic E-state index is 0.0288. The minimum Gasteiger partial charge on any atom is -0.438 e. The van der Waals surface area contributed by atoms with Gasteiger partial charge in [0.25, 0.3) is 0 Å². The second-order valence-corrected chi connectivity index (χ2v) is 6.82. The molecule has 0 bridgehead atoms. The molecule has 0 radical (unpaired) electrons. The molecular formula is C19H22O3S. The van der Waals surface area contributed by atoms with Crippen molar-refractivity contribution < 1.29 is 14.3 Å². The first-order valence-corrected chi connectivity index (χ1v) is 9.15. The SMILES string of the molecule is COCOC(=O)CSCC1=C2C=CCCC2=CC2CC=CC=C12. The van der Waals surface area contributed by atoms with Gasteiger partial charge in [0.15, 0.2) is 6.79 Å². The average molecular weight is 330 g/mol. The molecule has 0 aromatic carbocycles. The van der Waals surface area contributed by atoms with Gasteiger partial charge in [-0.3, -0.25) is 4.79 Å². The monoisotopic (exact) mass is 330 g/mol. The summed E-state index contributed by atoms with van der Waals surface area (Å²) in [6.45, 7) is 0.0288. The van der Waals surface area contributed by atoms with Gasteiger partial charge in [-0.25, -0.2) is 0 Å². The second-order valence-electron chi connectivity index (χ2n) is 5.83. The lowest BCUT2D eigenvalue weighted by molar-refractivity contribution is -0.150. The van der Waals surface area contributed by atoms with Crippen molar-refractivity contribution >= 4 is 17.7 Å². The van der Waals surface area contributed by atoms with Crippen molar-refractivity contribution in [3.63, 3.8) is 0 Å². The zero-order valence-electron chi connectivity index (χ0n) is 13.4. The normalized spacial score (nSPS) is 22.2. The summed E-state index contributed by atoms with van der Waals surface area (Å²) >= 11 is 1.62. The number of hydrogen-bond donors (Lipinski definition) is 0. The Bertz CT molecular complexity index is 623. The molecule has 4 heteroatoms. The molecule has 0 saturated heterocycles. The molecule has 0 aromatic rings. The third-order valence-electron chi connectivity index (χ3n) is 4.29. The fourth-order valence-corrected chi connectivity index (χ4v) is 4.12. The maximum Gasteiger partial charge on any atom is 0.318 e.